The minimum Gasteiger partial charge on any atom is -0.356 e. The molecule has 0 amide bonds. The number of hydrogen-bond donors (Lipinski definition) is 2. The van der Waals surface area contributed by atoms with Crippen LogP contribution < -0.4 is 10.6 Å². The summed E-state index contributed by atoms with van der Waals surface area (Å²) in [6.07, 6.45) is 8.22. The molecule has 1 aliphatic rings. The van der Waals surface area contributed by atoms with Gasteiger partial charge in [-0.25, -0.2) is 0 Å². The third-order valence-electron chi connectivity index (χ3n) is 4.08. The van der Waals surface area contributed by atoms with Crippen LogP contribution in [-0.2, 0) is 0 Å². The highest BCUT2D eigenvalue weighted by molar-refractivity contribution is 5.79. The van der Waals surface area contributed by atoms with Crippen LogP contribution >= 0.6 is 0 Å². The number of hydrogen-bond acceptors (Lipinski definition) is 2. The Kier molecular flexibility index (Phi) is 8.67. The lowest BCUT2D eigenvalue weighted by atomic mass is 9.94. The van der Waals surface area contributed by atoms with Gasteiger partial charge in [-0.15, -0.1) is 0 Å². The van der Waals surface area contributed by atoms with Crippen LogP contribution in [0.3, 0.4) is 0 Å². The molecule has 0 unspecified atom stereocenters. The standard InChI is InChI=1S/C16H34N4/c1-14(2)13-19-16(17-3)18-11-8-12-20(4)15-9-6-5-7-10-15/h14-15H,5-13H2,1-4H3,(H2,17,18,19). The lowest BCUT2D eigenvalue weighted by Gasteiger charge is -2.31. The zero-order chi connectivity index (χ0) is 14.8. The molecule has 0 bridgehead atoms. The van der Waals surface area contributed by atoms with E-state index in [0.717, 1.165) is 25.1 Å². The molecule has 0 aromatic heterocycles. The summed E-state index contributed by atoms with van der Waals surface area (Å²) in [6.45, 7) is 7.56. The van der Waals surface area contributed by atoms with Crippen molar-refractivity contribution in [3.05, 3.63) is 0 Å². The Hall–Kier alpha value is -0.770. The fraction of sp³-hybridized carbons (Fsp3) is 0.938. The average molecular weight is 282 g/mol. The van der Waals surface area contributed by atoms with Crippen molar-refractivity contribution in [2.45, 2.75) is 58.4 Å². The summed E-state index contributed by atoms with van der Waals surface area (Å²) in [5, 5.41) is 6.74. The average Bonchev–Trinajstić information content (AvgIpc) is 2.47. The Balaban J connectivity index is 2.10. The molecule has 0 aromatic rings. The van der Waals surface area contributed by atoms with Crippen LogP contribution in [0, 0.1) is 5.92 Å². The van der Waals surface area contributed by atoms with Gasteiger partial charge >= 0.3 is 0 Å². The van der Waals surface area contributed by atoms with Crippen molar-refractivity contribution < 1.29 is 0 Å². The Labute approximate surface area is 125 Å². The summed E-state index contributed by atoms with van der Waals surface area (Å²) in [7, 11) is 4.12. The third kappa shape index (κ3) is 7.13. The number of nitrogens with one attached hydrogen (secondary N) is 2. The largest absolute Gasteiger partial charge is 0.356 e. The van der Waals surface area contributed by atoms with Crippen molar-refractivity contribution in [2.24, 2.45) is 10.9 Å². The van der Waals surface area contributed by atoms with E-state index in [1.54, 1.807) is 0 Å². The molecule has 0 spiro atoms. The van der Waals surface area contributed by atoms with Crippen LogP contribution in [-0.4, -0.2) is 50.6 Å². The maximum absolute atomic E-state index is 4.25. The molecular weight excluding hydrogens is 248 g/mol. The van der Waals surface area contributed by atoms with E-state index in [4.69, 9.17) is 0 Å². The molecule has 1 aliphatic carbocycles. The minimum absolute atomic E-state index is 0.644. The SMILES string of the molecule is CN=C(NCCCN(C)C1CCCCC1)NCC(C)C. The smallest absolute Gasteiger partial charge is 0.190 e. The number of rotatable bonds is 7. The maximum Gasteiger partial charge on any atom is 0.190 e. The molecule has 1 rings (SSSR count). The molecule has 1 saturated carbocycles. The fourth-order valence-corrected chi connectivity index (χ4v) is 2.76. The first-order valence-electron chi connectivity index (χ1n) is 8.28. The van der Waals surface area contributed by atoms with Gasteiger partial charge in [0.15, 0.2) is 5.96 Å². The first-order chi connectivity index (χ1) is 9.63. The zero-order valence-corrected chi connectivity index (χ0v) is 13.9. The lowest BCUT2D eigenvalue weighted by Crippen LogP contribution is -2.41. The molecule has 118 valence electrons. The maximum atomic E-state index is 4.25. The monoisotopic (exact) mass is 282 g/mol. The summed E-state index contributed by atoms with van der Waals surface area (Å²) in [6, 6.07) is 0.821. The lowest BCUT2D eigenvalue weighted by molar-refractivity contribution is 0.190. The van der Waals surface area contributed by atoms with Crippen molar-refractivity contribution in [1.82, 2.24) is 15.5 Å². The van der Waals surface area contributed by atoms with Gasteiger partial charge in [0.25, 0.3) is 0 Å². The van der Waals surface area contributed by atoms with Gasteiger partial charge in [-0.05, 0) is 38.8 Å². The van der Waals surface area contributed by atoms with Crippen LogP contribution in [0.4, 0.5) is 0 Å². The van der Waals surface area contributed by atoms with Crippen molar-refractivity contribution in [3.63, 3.8) is 0 Å². The van der Waals surface area contributed by atoms with Crippen molar-refractivity contribution >= 4 is 5.96 Å². The van der Waals surface area contributed by atoms with E-state index in [1.807, 2.05) is 7.05 Å². The third-order valence-corrected chi connectivity index (χ3v) is 4.08. The summed E-state index contributed by atoms with van der Waals surface area (Å²) in [4.78, 5) is 6.79. The summed E-state index contributed by atoms with van der Waals surface area (Å²) >= 11 is 0. The van der Waals surface area contributed by atoms with Gasteiger partial charge in [0.1, 0.15) is 0 Å². The van der Waals surface area contributed by atoms with Crippen LogP contribution in [0.15, 0.2) is 4.99 Å². The molecule has 0 aliphatic heterocycles. The second kappa shape index (κ2) is 10.0. The van der Waals surface area contributed by atoms with E-state index in [0.29, 0.717) is 5.92 Å². The van der Waals surface area contributed by atoms with Crippen molar-refractivity contribution in [2.75, 3.05) is 33.7 Å². The second-order valence-electron chi connectivity index (χ2n) is 6.40. The molecular formula is C16H34N4. The van der Waals surface area contributed by atoms with Gasteiger partial charge in [0, 0.05) is 26.2 Å². The van der Waals surface area contributed by atoms with E-state index in [2.05, 4.69) is 41.4 Å². The molecule has 0 atom stereocenters. The quantitative estimate of drug-likeness (QED) is 0.428. The Bertz CT molecular complexity index is 270. The van der Waals surface area contributed by atoms with Crippen LogP contribution in [0.2, 0.25) is 0 Å². The number of nitrogens with zero attached hydrogens (tertiary/aromatic N) is 2. The van der Waals surface area contributed by atoms with Crippen molar-refractivity contribution in [1.29, 1.82) is 0 Å². The highest BCUT2D eigenvalue weighted by Gasteiger charge is 2.17. The molecule has 0 radical (unpaired) electrons. The highest BCUT2D eigenvalue weighted by Crippen LogP contribution is 2.21. The van der Waals surface area contributed by atoms with E-state index >= 15 is 0 Å². The first-order valence-corrected chi connectivity index (χ1v) is 8.28. The Morgan fingerprint density at radius 3 is 2.50 bits per heavy atom. The van der Waals surface area contributed by atoms with Crippen LogP contribution in [0.25, 0.3) is 0 Å². The molecule has 0 aromatic carbocycles. The normalized spacial score (nSPS) is 17.8. The Morgan fingerprint density at radius 2 is 1.90 bits per heavy atom. The molecule has 20 heavy (non-hydrogen) atoms. The van der Waals surface area contributed by atoms with Gasteiger partial charge in [-0.3, -0.25) is 4.99 Å². The summed E-state index contributed by atoms with van der Waals surface area (Å²) in [5.41, 5.74) is 0. The molecule has 4 heteroatoms. The minimum atomic E-state index is 0.644. The molecule has 0 heterocycles. The predicted octanol–water partition coefficient (Wildman–Crippen LogP) is 2.46. The fourth-order valence-electron chi connectivity index (χ4n) is 2.76. The summed E-state index contributed by atoms with van der Waals surface area (Å²) in [5.74, 6) is 1.57. The van der Waals surface area contributed by atoms with Gasteiger partial charge in [-0.2, -0.15) is 0 Å². The van der Waals surface area contributed by atoms with Gasteiger partial charge in [-0.1, -0.05) is 33.1 Å². The number of guanidine groups is 1. The molecule has 0 saturated heterocycles. The van der Waals surface area contributed by atoms with E-state index in [9.17, 15) is 0 Å². The van der Waals surface area contributed by atoms with E-state index in [1.165, 1.54) is 45.1 Å². The Morgan fingerprint density at radius 1 is 1.20 bits per heavy atom. The molecule has 4 nitrogen and oxygen atoms in total. The van der Waals surface area contributed by atoms with Gasteiger partial charge < -0.3 is 15.5 Å². The zero-order valence-electron chi connectivity index (χ0n) is 13.9. The topological polar surface area (TPSA) is 39.7 Å². The highest BCUT2D eigenvalue weighted by atomic mass is 15.2. The molecule has 1 fully saturated rings. The van der Waals surface area contributed by atoms with Crippen molar-refractivity contribution in [3.8, 4) is 0 Å². The second-order valence-corrected chi connectivity index (χ2v) is 6.40. The first kappa shape index (κ1) is 17.3. The summed E-state index contributed by atoms with van der Waals surface area (Å²) < 4.78 is 0. The van der Waals surface area contributed by atoms with Crippen LogP contribution in [0.1, 0.15) is 52.4 Å². The van der Waals surface area contributed by atoms with Gasteiger partial charge in [0.2, 0.25) is 0 Å². The predicted molar refractivity (Wildman–Crippen MR) is 88.3 cm³/mol. The van der Waals surface area contributed by atoms with Crippen LogP contribution in [0.5, 0.6) is 0 Å². The van der Waals surface area contributed by atoms with E-state index < -0.39 is 0 Å². The van der Waals surface area contributed by atoms with Gasteiger partial charge in [0.05, 0.1) is 0 Å². The van der Waals surface area contributed by atoms with E-state index in [-0.39, 0.29) is 0 Å². The molecule has 2 N–H and O–H groups in total. The number of aliphatic imine (C=N–C) groups is 1.